The summed E-state index contributed by atoms with van der Waals surface area (Å²) in [5, 5.41) is 0. The third-order valence-electron chi connectivity index (χ3n) is 3.46. The molecule has 0 rings (SSSR count). The van der Waals surface area contributed by atoms with E-state index in [0.717, 1.165) is 48.2 Å². The van der Waals surface area contributed by atoms with E-state index >= 15 is 0 Å². The lowest BCUT2D eigenvalue weighted by Gasteiger charge is -2.38. The van der Waals surface area contributed by atoms with E-state index in [1.54, 1.807) is 0 Å². The summed E-state index contributed by atoms with van der Waals surface area (Å²) in [5.41, 5.74) is 0. The monoisotopic (exact) mass is 408 g/mol. The van der Waals surface area contributed by atoms with Crippen molar-refractivity contribution < 1.29 is 42.9 Å². The predicted octanol–water partition coefficient (Wildman–Crippen LogP) is -3.37. The molecule has 118 valence electrons. The van der Waals surface area contributed by atoms with Crippen molar-refractivity contribution in [1.29, 1.82) is 0 Å². The van der Waals surface area contributed by atoms with Crippen LogP contribution in [0.1, 0.15) is 0 Å². The van der Waals surface area contributed by atoms with Gasteiger partial charge >= 0.3 is 0 Å². The standard InChI is InChI=1S/C16H30N2.2BrH/c1-7-11-17(5,12-8-2)15-16-18(6,13-9-3)14-10-4;;/h7-10H,1-4,11-16H2,5-6H3;2*1H/q+2;;/p-2. The lowest BCUT2D eigenvalue weighted by Crippen LogP contribution is -3.00. The van der Waals surface area contributed by atoms with Gasteiger partial charge < -0.3 is 42.9 Å². The van der Waals surface area contributed by atoms with Crippen LogP contribution in [0, 0.1) is 0 Å². The van der Waals surface area contributed by atoms with Crippen LogP contribution in [0.2, 0.25) is 0 Å². The van der Waals surface area contributed by atoms with Crippen molar-refractivity contribution in [1.82, 2.24) is 0 Å². The van der Waals surface area contributed by atoms with Crippen LogP contribution in [0.3, 0.4) is 0 Å². The Balaban J connectivity index is -0.00000144. The number of quaternary nitrogens is 2. The summed E-state index contributed by atoms with van der Waals surface area (Å²) in [6.45, 7) is 21.6. The Bertz CT molecular complexity index is 251. The van der Waals surface area contributed by atoms with Gasteiger partial charge in [0.1, 0.15) is 13.1 Å². The molecule has 0 aliphatic heterocycles. The van der Waals surface area contributed by atoms with Crippen LogP contribution in [0.15, 0.2) is 50.6 Å². The second-order valence-corrected chi connectivity index (χ2v) is 5.57. The molecule has 0 aliphatic carbocycles. The molecule has 0 radical (unpaired) electrons. The van der Waals surface area contributed by atoms with Gasteiger partial charge in [-0.1, -0.05) is 26.3 Å². The fourth-order valence-electron chi connectivity index (χ4n) is 2.24. The van der Waals surface area contributed by atoms with Gasteiger partial charge in [-0.05, 0) is 24.3 Å². The second kappa shape index (κ2) is 12.6. The molecule has 0 aliphatic rings. The van der Waals surface area contributed by atoms with Crippen LogP contribution in [0.4, 0.5) is 0 Å². The maximum absolute atomic E-state index is 3.86. The Hall–Kier alpha value is -0.160. The first-order chi connectivity index (χ1) is 8.45. The van der Waals surface area contributed by atoms with Gasteiger partial charge in [0.05, 0.1) is 40.3 Å². The molecule has 0 bridgehead atoms. The third-order valence-corrected chi connectivity index (χ3v) is 3.46. The van der Waals surface area contributed by atoms with Crippen molar-refractivity contribution in [3.63, 3.8) is 0 Å². The number of nitrogens with zero attached hydrogens (tertiary/aromatic N) is 2. The molecule has 0 saturated carbocycles. The van der Waals surface area contributed by atoms with Gasteiger partial charge in [-0.3, -0.25) is 0 Å². The Morgan fingerprint density at radius 2 is 0.800 bits per heavy atom. The second-order valence-electron chi connectivity index (χ2n) is 5.57. The Labute approximate surface area is 146 Å². The highest BCUT2D eigenvalue weighted by molar-refractivity contribution is 4.73. The molecule has 0 N–H and O–H groups in total. The zero-order chi connectivity index (χ0) is 14.1. The molecule has 0 amide bonds. The molecule has 0 aromatic heterocycles. The van der Waals surface area contributed by atoms with Crippen molar-refractivity contribution in [3.8, 4) is 0 Å². The smallest absolute Gasteiger partial charge is 0.129 e. The number of hydrogen-bond acceptors (Lipinski definition) is 0. The quantitative estimate of drug-likeness (QED) is 0.247. The van der Waals surface area contributed by atoms with E-state index < -0.39 is 0 Å². The van der Waals surface area contributed by atoms with Gasteiger partial charge in [-0.15, -0.1) is 0 Å². The molecular weight excluding hydrogens is 380 g/mol. The van der Waals surface area contributed by atoms with E-state index in [9.17, 15) is 0 Å². The van der Waals surface area contributed by atoms with Gasteiger partial charge in [0.25, 0.3) is 0 Å². The van der Waals surface area contributed by atoms with Crippen molar-refractivity contribution >= 4 is 0 Å². The van der Waals surface area contributed by atoms with Gasteiger partial charge in [0.15, 0.2) is 0 Å². The SMILES string of the molecule is C=CC[N+](C)(CC=C)CC[N+](C)(CC=C)CC=C.[Br-].[Br-]. The van der Waals surface area contributed by atoms with E-state index in [1.807, 2.05) is 24.3 Å². The van der Waals surface area contributed by atoms with Crippen LogP contribution in [0.25, 0.3) is 0 Å². The molecule has 0 aromatic rings. The first-order valence-corrected chi connectivity index (χ1v) is 6.56. The maximum atomic E-state index is 3.86. The highest BCUT2D eigenvalue weighted by Crippen LogP contribution is 2.09. The molecule has 0 unspecified atom stereocenters. The maximum Gasteiger partial charge on any atom is 0.129 e. The Morgan fingerprint density at radius 3 is 0.950 bits per heavy atom. The minimum absolute atomic E-state index is 0. The third kappa shape index (κ3) is 9.70. The van der Waals surface area contributed by atoms with Crippen LogP contribution in [-0.2, 0) is 0 Å². The number of rotatable bonds is 11. The van der Waals surface area contributed by atoms with E-state index in [1.165, 1.54) is 0 Å². The van der Waals surface area contributed by atoms with Crippen molar-refractivity contribution in [3.05, 3.63) is 50.6 Å². The van der Waals surface area contributed by atoms with E-state index in [0.29, 0.717) is 0 Å². The molecule has 4 heteroatoms. The molecule has 0 atom stereocenters. The summed E-state index contributed by atoms with van der Waals surface area (Å²) in [5.74, 6) is 0. The van der Waals surface area contributed by atoms with E-state index in [4.69, 9.17) is 0 Å². The van der Waals surface area contributed by atoms with Crippen molar-refractivity contribution in [2.45, 2.75) is 0 Å². The molecule has 0 heterocycles. The van der Waals surface area contributed by atoms with E-state index in [-0.39, 0.29) is 34.0 Å². The summed E-state index contributed by atoms with van der Waals surface area (Å²) in [4.78, 5) is 0. The highest BCUT2D eigenvalue weighted by Gasteiger charge is 2.25. The molecule has 0 saturated heterocycles. The lowest BCUT2D eigenvalue weighted by molar-refractivity contribution is -0.953. The van der Waals surface area contributed by atoms with Gasteiger partial charge in [0, 0.05) is 0 Å². The normalized spacial score (nSPS) is 10.7. The lowest BCUT2D eigenvalue weighted by atomic mass is 10.3. The molecule has 0 fully saturated rings. The minimum atomic E-state index is 0. The van der Waals surface area contributed by atoms with Gasteiger partial charge in [-0.2, -0.15) is 0 Å². The highest BCUT2D eigenvalue weighted by atomic mass is 79.9. The molecular formula is C16H30Br2N2. The molecule has 20 heavy (non-hydrogen) atoms. The van der Waals surface area contributed by atoms with Gasteiger partial charge in [-0.25, -0.2) is 0 Å². The zero-order valence-corrected chi connectivity index (χ0v) is 16.2. The first-order valence-electron chi connectivity index (χ1n) is 6.56. The molecule has 0 spiro atoms. The van der Waals surface area contributed by atoms with Crippen molar-refractivity contribution in [2.75, 3.05) is 53.4 Å². The molecule has 2 nitrogen and oxygen atoms in total. The van der Waals surface area contributed by atoms with Gasteiger partial charge in [0.2, 0.25) is 0 Å². The average molecular weight is 410 g/mol. The Morgan fingerprint density at radius 1 is 0.600 bits per heavy atom. The first kappa shape index (κ1) is 24.8. The largest absolute Gasteiger partial charge is 1.00 e. The summed E-state index contributed by atoms with van der Waals surface area (Å²) >= 11 is 0. The summed E-state index contributed by atoms with van der Waals surface area (Å²) in [6, 6.07) is 0. The fourth-order valence-corrected chi connectivity index (χ4v) is 2.24. The zero-order valence-electron chi connectivity index (χ0n) is 13.0. The number of likely N-dealkylation sites (N-methyl/N-ethyl adjacent to an activating group) is 2. The number of hydrogen-bond donors (Lipinski definition) is 0. The Kier molecular flexibility index (Phi) is 15.6. The topological polar surface area (TPSA) is 0 Å². The van der Waals surface area contributed by atoms with Crippen LogP contribution in [-0.4, -0.2) is 62.3 Å². The van der Waals surface area contributed by atoms with Crippen LogP contribution < -0.4 is 34.0 Å². The number of halogens is 2. The van der Waals surface area contributed by atoms with E-state index in [2.05, 4.69) is 40.4 Å². The van der Waals surface area contributed by atoms with Crippen LogP contribution in [0.5, 0.6) is 0 Å². The summed E-state index contributed by atoms with van der Waals surface area (Å²) in [6.07, 6.45) is 7.98. The minimum Gasteiger partial charge on any atom is -1.00 e. The summed E-state index contributed by atoms with van der Waals surface area (Å²) in [7, 11) is 4.52. The fraction of sp³-hybridized carbons (Fsp3) is 0.500. The summed E-state index contributed by atoms with van der Waals surface area (Å²) < 4.78 is 1.93. The van der Waals surface area contributed by atoms with Crippen molar-refractivity contribution in [2.24, 2.45) is 0 Å². The average Bonchev–Trinajstić information content (AvgIpc) is 2.28. The predicted molar refractivity (Wildman–Crippen MR) is 82.4 cm³/mol. The van der Waals surface area contributed by atoms with Crippen LogP contribution >= 0.6 is 0 Å². The molecule has 0 aromatic carbocycles.